The van der Waals surface area contributed by atoms with Crippen molar-refractivity contribution in [1.29, 1.82) is 0 Å². The van der Waals surface area contributed by atoms with Crippen LogP contribution in [0.15, 0.2) is 59.0 Å². The molecule has 0 aliphatic heterocycles. The van der Waals surface area contributed by atoms with E-state index in [9.17, 15) is 14.4 Å². The van der Waals surface area contributed by atoms with Gasteiger partial charge in [-0.25, -0.2) is 9.59 Å². The molecule has 0 aliphatic rings. The molecule has 0 aliphatic carbocycles. The van der Waals surface area contributed by atoms with E-state index in [2.05, 4.69) is 19.2 Å². The van der Waals surface area contributed by atoms with Gasteiger partial charge in [-0.2, -0.15) is 0 Å². The smallest absolute Gasteiger partial charge is 0.337 e. The Hall–Kier alpha value is -4.07. The van der Waals surface area contributed by atoms with Crippen LogP contribution in [-0.2, 0) is 16.1 Å². The molecule has 1 amide bonds. The van der Waals surface area contributed by atoms with Crippen molar-refractivity contribution >= 4 is 23.5 Å². The molecule has 0 spiro atoms. The van der Waals surface area contributed by atoms with E-state index in [1.54, 1.807) is 6.07 Å². The Labute approximate surface area is 197 Å². The van der Waals surface area contributed by atoms with Crippen LogP contribution in [0, 0.1) is 0 Å². The van der Waals surface area contributed by atoms with E-state index in [1.807, 2.05) is 24.3 Å². The summed E-state index contributed by atoms with van der Waals surface area (Å²) in [7, 11) is 2.44. The van der Waals surface area contributed by atoms with Crippen LogP contribution in [0.4, 0.5) is 5.69 Å². The van der Waals surface area contributed by atoms with E-state index in [-0.39, 0.29) is 29.2 Å². The number of ether oxygens (including phenoxy) is 3. The average molecular weight is 466 g/mol. The van der Waals surface area contributed by atoms with Crippen molar-refractivity contribution in [2.24, 2.45) is 0 Å². The lowest BCUT2D eigenvalue weighted by Crippen LogP contribution is -2.13. The third kappa shape index (κ3) is 6.04. The van der Waals surface area contributed by atoms with Gasteiger partial charge < -0.3 is 23.9 Å². The molecule has 1 aromatic heterocycles. The fourth-order valence-corrected chi connectivity index (χ4v) is 3.22. The predicted octanol–water partition coefficient (Wildman–Crippen LogP) is 5.20. The predicted molar refractivity (Wildman–Crippen MR) is 125 cm³/mol. The van der Waals surface area contributed by atoms with E-state index in [0.29, 0.717) is 17.4 Å². The second-order valence-electron chi connectivity index (χ2n) is 7.67. The number of rotatable bonds is 9. The van der Waals surface area contributed by atoms with Crippen LogP contribution in [-0.4, -0.2) is 32.1 Å². The number of carbonyl (C=O) groups excluding carboxylic acids is 3. The zero-order valence-electron chi connectivity index (χ0n) is 19.5. The molecule has 1 atom stereocenters. The monoisotopic (exact) mass is 465 g/mol. The zero-order chi connectivity index (χ0) is 24.7. The highest BCUT2D eigenvalue weighted by molar-refractivity contribution is 6.04. The maximum absolute atomic E-state index is 12.7. The van der Waals surface area contributed by atoms with E-state index < -0.39 is 17.8 Å². The van der Waals surface area contributed by atoms with Gasteiger partial charge in [-0.1, -0.05) is 26.0 Å². The lowest BCUT2D eigenvalue weighted by atomic mass is 9.99. The molecule has 0 saturated carbocycles. The van der Waals surface area contributed by atoms with Gasteiger partial charge >= 0.3 is 11.9 Å². The molecule has 0 bridgehead atoms. The Bertz CT molecular complexity index is 1130. The standard InChI is InChI=1S/C26H27NO7/c1-5-16(2)17-6-8-21(9-7-17)33-15-22-10-11-23(34-22)24(28)27-20-13-18(25(29)31-3)12-19(14-20)26(30)32-4/h6-14,16H,5,15H2,1-4H3,(H,27,28). The Morgan fingerprint density at radius 3 is 2.09 bits per heavy atom. The molecule has 2 aromatic carbocycles. The number of anilines is 1. The van der Waals surface area contributed by atoms with Crippen molar-refractivity contribution in [3.63, 3.8) is 0 Å². The van der Waals surface area contributed by atoms with Crippen LogP contribution in [0.3, 0.4) is 0 Å². The molecule has 1 heterocycles. The van der Waals surface area contributed by atoms with Crippen LogP contribution in [0.5, 0.6) is 5.75 Å². The fraction of sp³-hybridized carbons (Fsp3) is 0.269. The van der Waals surface area contributed by atoms with E-state index in [1.165, 1.54) is 44.0 Å². The number of amides is 1. The summed E-state index contributed by atoms with van der Waals surface area (Å²) in [6, 6.07) is 15.2. The Kier molecular flexibility index (Phi) is 8.08. The van der Waals surface area contributed by atoms with Crippen molar-refractivity contribution in [3.05, 3.63) is 82.8 Å². The molecule has 34 heavy (non-hydrogen) atoms. The van der Waals surface area contributed by atoms with Crippen molar-refractivity contribution in [2.45, 2.75) is 32.8 Å². The third-order valence-corrected chi connectivity index (χ3v) is 5.36. The largest absolute Gasteiger partial charge is 0.486 e. The van der Waals surface area contributed by atoms with Gasteiger partial charge in [0.05, 0.1) is 25.3 Å². The molecule has 1 unspecified atom stereocenters. The lowest BCUT2D eigenvalue weighted by molar-refractivity contribution is 0.0599. The van der Waals surface area contributed by atoms with Gasteiger partial charge in [-0.05, 0) is 60.4 Å². The highest BCUT2D eigenvalue weighted by Crippen LogP contribution is 2.23. The highest BCUT2D eigenvalue weighted by atomic mass is 16.5. The van der Waals surface area contributed by atoms with Gasteiger partial charge in [-0.3, -0.25) is 4.79 Å². The molecular formula is C26H27NO7. The first-order valence-electron chi connectivity index (χ1n) is 10.8. The molecular weight excluding hydrogens is 438 g/mol. The van der Waals surface area contributed by atoms with Crippen molar-refractivity contribution in [2.75, 3.05) is 19.5 Å². The topological polar surface area (TPSA) is 104 Å². The second kappa shape index (κ2) is 11.2. The Balaban J connectivity index is 1.67. The number of benzene rings is 2. The Morgan fingerprint density at radius 1 is 0.912 bits per heavy atom. The first kappa shape index (κ1) is 24.6. The average Bonchev–Trinajstić information content (AvgIpc) is 3.35. The summed E-state index contributed by atoms with van der Waals surface area (Å²) < 4.78 is 20.8. The van der Waals surface area contributed by atoms with Gasteiger partial charge in [0.25, 0.3) is 5.91 Å². The molecule has 0 fully saturated rings. The minimum absolute atomic E-state index is 0.0498. The maximum atomic E-state index is 12.7. The van der Waals surface area contributed by atoms with E-state index >= 15 is 0 Å². The third-order valence-electron chi connectivity index (χ3n) is 5.36. The molecule has 3 aromatic rings. The van der Waals surface area contributed by atoms with Crippen LogP contribution >= 0.6 is 0 Å². The van der Waals surface area contributed by atoms with E-state index in [0.717, 1.165) is 6.42 Å². The summed E-state index contributed by atoms with van der Waals surface area (Å²) in [4.78, 5) is 36.5. The fourth-order valence-electron chi connectivity index (χ4n) is 3.22. The number of nitrogens with one attached hydrogen (secondary N) is 1. The molecule has 0 saturated heterocycles. The van der Waals surface area contributed by atoms with Gasteiger partial charge in [0.15, 0.2) is 5.76 Å². The first-order chi connectivity index (χ1) is 16.3. The summed E-state index contributed by atoms with van der Waals surface area (Å²) in [5.74, 6) is -0.168. The Morgan fingerprint density at radius 2 is 1.53 bits per heavy atom. The van der Waals surface area contributed by atoms with Crippen LogP contribution in [0.1, 0.15) is 68.8 Å². The second-order valence-corrected chi connectivity index (χ2v) is 7.67. The quantitative estimate of drug-likeness (QED) is 0.433. The van der Waals surface area contributed by atoms with Gasteiger partial charge in [0.1, 0.15) is 18.1 Å². The van der Waals surface area contributed by atoms with Crippen LogP contribution < -0.4 is 10.1 Å². The van der Waals surface area contributed by atoms with Crippen LogP contribution in [0.2, 0.25) is 0 Å². The number of hydrogen-bond acceptors (Lipinski definition) is 7. The van der Waals surface area contributed by atoms with Crippen LogP contribution in [0.25, 0.3) is 0 Å². The summed E-state index contributed by atoms with van der Waals surface area (Å²) in [5, 5.41) is 2.62. The summed E-state index contributed by atoms with van der Waals surface area (Å²) in [6.45, 7) is 4.47. The summed E-state index contributed by atoms with van der Waals surface area (Å²) >= 11 is 0. The first-order valence-corrected chi connectivity index (χ1v) is 10.8. The van der Waals surface area contributed by atoms with E-state index in [4.69, 9.17) is 18.6 Å². The molecule has 0 radical (unpaired) electrons. The number of hydrogen-bond donors (Lipinski definition) is 1. The maximum Gasteiger partial charge on any atom is 0.337 e. The summed E-state index contributed by atoms with van der Waals surface area (Å²) in [5.41, 5.74) is 1.64. The number of carbonyl (C=O) groups is 3. The molecule has 178 valence electrons. The molecule has 3 rings (SSSR count). The van der Waals surface area contributed by atoms with Crippen molar-refractivity contribution in [1.82, 2.24) is 0 Å². The zero-order valence-corrected chi connectivity index (χ0v) is 19.5. The number of methoxy groups -OCH3 is 2. The number of furan rings is 1. The summed E-state index contributed by atoms with van der Waals surface area (Å²) in [6.07, 6.45) is 1.06. The molecule has 8 heteroatoms. The van der Waals surface area contributed by atoms with Gasteiger partial charge in [0.2, 0.25) is 0 Å². The van der Waals surface area contributed by atoms with Gasteiger partial charge in [0, 0.05) is 5.69 Å². The number of esters is 2. The molecule has 1 N–H and O–H groups in total. The SMILES string of the molecule is CCC(C)c1ccc(OCc2ccc(C(=O)Nc3cc(C(=O)OC)cc(C(=O)OC)c3)o2)cc1. The normalized spacial score (nSPS) is 11.4. The molecule has 8 nitrogen and oxygen atoms in total. The van der Waals surface area contributed by atoms with Gasteiger partial charge in [-0.15, -0.1) is 0 Å². The minimum Gasteiger partial charge on any atom is -0.486 e. The minimum atomic E-state index is -0.657. The van der Waals surface area contributed by atoms with Crippen molar-refractivity contribution < 1.29 is 33.0 Å². The van der Waals surface area contributed by atoms with Crippen molar-refractivity contribution in [3.8, 4) is 5.75 Å². The lowest BCUT2D eigenvalue weighted by Gasteiger charge is -2.10. The highest BCUT2D eigenvalue weighted by Gasteiger charge is 2.17.